The van der Waals surface area contributed by atoms with Gasteiger partial charge in [0.1, 0.15) is 0 Å². The number of halogens is 3. The zero-order valence-corrected chi connectivity index (χ0v) is 10.3. The summed E-state index contributed by atoms with van der Waals surface area (Å²) in [6.07, 6.45) is 0. The first kappa shape index (κ1) is 12.1. The van der Waals surface area contributed by atoms with Crippen molar-refractivity contribution in [1.29, 1.82) is 0 Å². The highest BCUT2D eigenvalue weighted by atomic mass is 35.5. The van der Waals surface area contributed by atoms with E-state index >= 15 is 0 Å². The molecule has 0 N–H and O–H groups in total. The molecule has 0 saturated heterocycles. The Balaban J connectivity index is 2.38. The van der Waals surface area contributed by atoms with E-state index in [9.17, 15) is 4.39 Å². The van der Waals surface area contributed by atoms with E-state index in [-0.39, 0.29) is 21.8 Å². The number of aromatic nitrogens is 2. The molecule has 0 aliphatic carbocycles. The lowest BCUT2D eigenvalue weighted by Crippen LogP contribution is -1.94. The molecule has 2 aromatic rings. The van der Waals surface area contributed by atoms with Crippen LogP contribution in [0.3, 0.4) is 0 Å². The van der Waals surface area contributed by atoms with Crippen LogP contribution in [0.1, 0.15) is 5.56 Å². The predicted molar refractivity (Wildman–Crippen MR) is 63.3 cm³/mol. The number of nitrogens with zero attached hydrogens (tertiary/aromatic N) is 2. The van der Waals surface area contributed by atoms with E-state index in [1.807, 2.05) is 0 Å². The van der Waals surface area contributed by atoms with E-state index in [2.05, 4.69) is 10.2 Å². The van der Waals surface area contributed by atoms with Crippen molar-refractivity contribution in [1.82, 2.24) is 10.2 Å². The van der Waals surface area contributed by atoms with Gasteiger partial charge >= 0.3 is 0 Å². The van der Waals surface area contributed by atoms with Gasteiger partial charge in [-0.15, -0.1) is 10.2 Å². The quantitative estimate of drug-likeness (QED) is 0.828. The van der Waals surface area contributed by atoms with Gasteiger partial charge in [0.15, 0.2) is 27.6 Å². The molecule has 0 aliphatic rings. The molecule has 88 valence electrons. The van der Waals surface area contributed by atoms with Crippen LogP contribution >= 0.6 is 23.2 Å². The van der Waals surface area contributed by atoms with Crippen LogP contribution < -0.4 is 4.74 Å². The second-order valence-corrected chi connectivity index (χ2v) is 4.06. The van der Waals surface area contributed by atoms with Crippen LogP contribution in [0, 0.1) is 12.7 Å². The summed E-state index contributed by atoms with van der Waals surface area (Å²) < 4.78 is 19.0. The van der Waals surface area contributed by atoms with Gasteiger partial charge in [0.25, 0.3) is 0 Å². The maximum absolute atomic E-state index is 13.7. The topological polar surface area (TPSA) is 35.0 Å². The number of benzene rings is 1. The van der Waals surface area contributed by atoms with Crippen LogP contribution in [-0.2, 0) is 0 Å². The first-order chi connectivity index (χ1) is 8.08. The number of ether oxygens (including phenoxy) is 1. The minimum atomic E-state index is -0.448. The number of rotatable bonds is 2. The van der Waals surface area contributed by atoms with Gasteiger partial charge in [-0.05, 0) is 18.6 Å². The Morgan fingerprint density at radius 3 is 2.71 bits per heavy atom. The molecule has 2 rings (SSSR count). The molecule has 1 heterocycles. The van der Waals surface area contributed by atoms with Crippen LogP contribution in [0.4, 0.5) is 4.39 Å². The summed E-state index contributed by atoms with van der Waals surface area (Å²) in [4.78, 5) is 0. The minimum absolute atomic E-state index is 0.0234. The zero-order chi connectivity index (χ0) is 12.4. The van der Waals surface area contributed by atoms with Crippen LogP contribution in [0.5, 0.6) is 11.5 Å². The Bertz CT molecular complexity index is 563. The molecule has 0 aliphatic heterocycles. The highest BCUT2D eigenvalue weighted by molar-refractivity contribution is 6.32. The van der Waals surface area contributed by atoms with Gasteiger partial charge in [-0.3, -0.25) is 0 Å². The second-order valence-electron chi connectivity index (χ2n) is 3.31. The SMILES string of the molecule is Cc1cccc(Oc2cc(Cl)nnc2Cl)c1F. The van der Waals surface area contributed by atoms with Crippen LogP contribution in [0.25, 0.3) is 0 Å². The highest BCUT2D eigenvalue weighted by Gasteiger charge is 2.11. The van der Waals surface area contributed by atoms with Crippen molar-refractivity contribution < 1.29 is 9.13 Å². The molecule has 6 heteroatoms. The fourth-order valence-corrected chi connectivity index (χ4v) is 1.49. The molecule has 3 nitrogen and oxygen atoms in total. The van der Waals surface area contributed by atoms with E-state index in [1.54, 1.807) is 19.1 Å². The summed E-state index contributed by atoms with van der Waals surface area (Å²) in [7, 11) is 0. The zero-order valence-electron chi connectivity index (χ0n) is 8.75. The van der Waals surface area contributed by atoms with Crippen molar-refractivity contribution in [2.24, 2.45) is 0 Å². The molecule has 0 fully saturated rings. The summed E-state index contributed by atoms with van der Waals surface area (Å²) >= 11 is 11.4. The molecule has 0 spiro atoms. The predicted octanol–water partition coefficient (Wildman–Crippen LogP) is 4.02. The van der Waals surface area contributed by atoms with Crippen LogP contribution in [-0.4, -0.2) is 10.2 Å². The smallest absolute Gasteiger partial charge is 0.194 e. The Morgan fingerprint density at radius 2 is 1.94 bits per heavy atom. The molecular weight excluding hydrogens is 266 g/mol. The largest absolute Gasteiger partial charge is 0.451 e. The van der Waals surface area contributed by atoms with Gasteiger partial charge in [-0.25, -0.2) is 4.39 Å². The van der Waals surface area contributed by atoms with Crippen molar-refractivity contribution in [3.8, 4) is 11.5 Å². The monoisotopic (exact) mass is 272 g/mol. The maximum Gasteiger partial charge on any atom is 0.194 e. The second kappa shape index (κ2) is 4.85. The van der Waals surface area contributed by atoms with E-state index < -0.39 is 5.82 Å². The maximum atomic E-state index is 13.7. The molecule has 0 radical (unpaired) electrons. The Morgan fingerprint density at radius 1 is 1.18 bits per heavy atom. The molecule has 1 aromatic heterocycles. The normalized spacial score (nSPS) is 10.4. The van der Waals surface area contributed by atoms with Crippen molar-refractivity contribution in [3.05, 3.63) is 46.0 Å². The van der Waals surface area contributed by atoms with Crippen LogP contribution in [0.15, 0.2) is 24.3 Å². The third-order valence-electron chi connectivity index (χ3n) is 2.06. The van der Waals surface area contributed by atoms with Gasteiger partial charge in [0.05, 0.1) is 0 Å². The van der Waals surface area contributed by atoms with Crippen molar-refractivity contribution in [2.45, 2.75) is 6.92 Å². The third kappa shape index (κ3) is 2.65. The van der Waals surface area contributed by atoms with Gasteiger partial charge < -0.3 is 4.74 Å². The summed E-state index contributed by atoms with van der Waals surface area (Å²) in [5.74, 6) is -0.219. The average molecular weight is 273 g/mol. The standard InChI is InChI=1S/C11H7Cl2FN2O/c1-6-3-2-4-7(10(6)14)17-8-5-9(12)15-16-11(8)13/h2-5H,1H3. The summed E-state index contributed by atoms with van der Waals surface area (Å²) in [6, 6.07) is 6.19. The molecule has 17 heavy (non-hydrogen) atoms. The van der Waals surface area contributed by atoms with E-state index in [4.69, 9.17) is 27.9 Å². The van der Waals surface area contributed by atoms with E-state index in [1.165, 1.54) is 12.1 Å². The van der Waals surface area contributed by atoms with E-state index in [0.29, 0.717) is 5.56 Å². The van der Waals surface area contributed by atoms with Crippen molar-refractivity contribution in [2.75, 3.05) is 0 Å². The number of aryl methyl sites for hydroxylation is 1. The summed E-state index contributed by atoms with van der Waals surface area (Å²) in [5, 5.41) is 7.24. The molecule has 0 amide bonds. The Kier molecular flexibility index (Phi) is 3.45. The summed E-state index contributed by atoms with van der Waals surface area (Å²) in [5.41, 5.74) is 0.478. The van der Waals surface area contributed by atoms with E-state index in [0.717, 1.165) is 0 Å². The highest BCUT2D eigenvalue weighted by Crippen LogP contribution is 2.31. The summed E-state index contributed by atoms with van der Waals surface area (Å²) in [6.45, 7) is 1.64. The Hall–Kier alpha value is -1.39. The van der Waals surface area contributed by atoms with Gasteiger partial charge in [-0.2, -0.15) is 0 Å². The van der Waals surface area contributed by atoms with Gasteiger partial charge in [-0.1, -0.05) is 35.3 Å². The first-order valence-corrected chi connectivity index (χ1v) is 5.45. The molecule has 0 unspecified atom stereocenters. The lowest BCUT2D eigenvalue weighted by molar-refractivity contribution is 0.437. The lowest BCUT2D eigenvalue weighted by atomic mass is 10.2. The minimum Gasteiger partial charge on any atom is -0.451 e. The molecule has 1 aromatic carbocycles. The number of hydrogen-bond donors (Lipinski definition) is 0. The first-order valence-electron chi connectivity index (χ1n) is 4.69. The van der Waals surface area contributed by atoms with Crippen molar-refractivity contribution in [3.63, 3.8) is 0 Å². The molecule has 0 atom stereocenters. The molecule has 0 saturated carbocycles. The lowest BCUT2D eigenvalue weighted by Gasteiger charge is -2.08. The fraction of sp³-hybridized carbons (Fsp3) is 0.0909. The fourth-order valence-electron chi connectivity index (χ4n) is 1.23. The number of hydrogen-bond acceptors (Lipinski definition) is 3. The van der Waals surface area contributed by atoms with Gasteiger partial charge in [0, 0.05) is 6.07 Å². The molecular formula is C11H7Cl2FN2O. The van der Waals surface area contributed by atoms with Crippen molar-refractivity contribution >= 4 is 23.2 Å². The average Bonchev–Trinajstić information content (AvgIpc) is 2.30. The third-order valence-corrected chi connectivity index (χ3v) is 2.51. The Labute approximate surface area is 107 Å². The van der Waals surface area contributed by atoms with Crippen LogP contribution in [0.2, 0.25) is 10.3 Å². The molecule has 0 bridgehead atoms. The van der Waals surface area contributed by atoms with Gasteiger partial charge in [0.2, 0.25) is 0 Å².